The molecule has 2 aromatic heterocycles. The summed E-state index contributed by atoms with van der Waals surface area (Å²) in [4.78, 5) is 8.85. The van der Waals surface area contributed by atoms with E-state index in [0.29, 0.717) is 0 Å². The lowest BCUT2D eigenvalue weighted by Crippen LogP contribution is -2.08. The van der Waals surface area contributed by atoms with Crippen molar-refractivity contribution in [3.05, 3.63) is 48.3 Å². The molecule has 110 valence electrons. The van der Waals surface area contributed by atoms with Crippen molar-refractivity contribution in [1.29, 1.82) is 0 Å². The smallest absolute Gasteiger partial charge is 0.159 e. The van der Waals surface area contributed by atoms with Crippen LogP contribution in [0, 0.1) is 5.92 Å². The van der Waals surface area contributed by atoms with E-state index in [1.807, 2.05) is 12.1 Å². The van der Waals surface area contributed by atoms with Gasteiger partial charge in [0, 0.05) is 30.3 Å². The van der Waals surface area contributed by atoms with Crippen molar-refractivity contribution in [3.8, 4) is 0 Å². The summed E-state index contributed by atoms with van der Waals surface area (Å²) in [5.74, 6) is 0.818. The summed E-state index contributed by atoms with van der Waals surface area (Å²) < 4.78 is 5.77. The number of hydrogen-bond acceptors (Lipinski definition) is 3. The molecule has 3 heteroatoms. The number of hydrogen-bond donors (Lipinski definition) is 0. The van der Waals surface area contributed by atoms with Crippen molar-refractivity contribution in [2.75, 3.05) is 13.2 Å². The van der Waals surface area contributed by atoms with Gasteiger partial charge < -0.3 is 4.74 Å². The van der Waals surface area contributed by atoms with Crippen LogP contribution in [0.2, 0.25) is 0 Å². The molecule has 0 aliphatic heterocycles. The highest BCUT2D eigenvalue weighted by Crippen LogP contribution is 2.21. The minimum absolute atomic E-state index is 0.744. The van der Waals surface area contributed by atoms with Crippen molar-refractivity contribution >= 4 is 11.0 Å². The normalized spacial score (nSPS) is 18.2. The molecule has 1 aliphatic rings. The molecule has 2 aromatic rings. The first-order chi connectivity index (χ1) is 10.4. The van der Waals surface area contributed by atoms with Gasteiger partial charge >= 0.3 is 0 Å². The van der Waals surface area contributed by atoms with Crippen LogP contribution in [0.3, 0.4) is 0 Å². The van der Waals surface area contributed by atoms with E-state index in [2.05, 4.69) is 34.3 Å². The fourth-order valence-corrected chi connectivity index (χ4v) is 2.78. The lowest BCUT2D eigenvalue weighted by Gasteiger charge is -2.17. The summed E-state index contributed by atoms with van der Waals surface area (Å²) in [6.45, 7) is 1.61. The Bertz CT molecular complexity index is 609. The molecule has 0 amide bonds. The molecule has 0 aromatic carbocycles. The molecule has 3 rings (SSSR count). The standard InChI is InChI=1S/C18H22N2O/c1-2-5-15(6-3-1)10-13-21-14-11-17-9-8-16-7-4-12-19-18(16)20-17/h1-2,4,7-9,12,15H,3,5-6,10-11,13-14H2/t15-/m0/s1. The predicted molar refractivity (Wildman–Crippen MR) is 85.2 cm³/mol. The number of aromatic nitrogens is 2. The zero-order valence-corrected chi connectivity index (χ0v) is 12.4. The van der Waals surface area contributed by atoms with Crippen molar-refractivity contribution in [2.24, 2.45) is 5.92 Å². The van der Waals surface area contributed by atoms with Crippen LogP contribution < -0.4 is 0 Å². The zero-order valence-electron chi connectivity index (χ0n) is 12.4. The van der Waals surface area contributed by atoms with Crippen molar-refractivity contribution < 1.29 is 4.74 Å². The number of pyridine rings is 2. The topological polar surface area (TPSA) is 35.0 Å². The van der Waals surface area contributed by atoms with Crippen LogP contribution >= 0.6 is 0 Å². The first kappa shape index (κ1) is 14.2. The maximum atomic E-state index is 5.77. The Morgan fingerprint density at radius 1 is 1.14 bits per heavy atom. The first-order valence-electron chi connectivity index (χ1n) is 7.85. The van der Waals surface area contributed by atoms with E-state index in [-0.39, 0.29) is 0 Å². The molecule has 0 saturated carbocycles. The number of rotatable bonds is 6. The summed E-state index contributed by atoms with van der Waals surface area (Å²) in [6, 6.07) is 8.12. The second kappa shape index (κ2) is 7.32. The Kier molecular flexibility index (Phi) is 4.95. The lowest BCUT2D eigenvalue weighted by molar-refractivity contribution is 0.120. The van der Waals surface area contributed by atoms with Crippen molar-refractivity contribution in [1.82, 2.24) is 9.97 Å². The molecule has 2 heterocycles. The highest BCUT2D eigenvalue weighted by Gasteiger charge is 2.09. The average Bonchev–Trinajstić information content (AvgIpc) is 2.55. The third-order valence-corrected chi connectivity index (χ3v) is 4.07. The largest absolute Gasteiger partial charge is 0.381 e. The van der Waals surface area contributed by atoms with Gasteiger partial charge in [-0.3, -0.25) is 0 Å². The van der Waals surface area contributed by atoms with E-state index in [1.165, 1.54) is 25.7 Å². The summed E-state index contributed by atoms with van der Waals surface area (Å²) in [7, 11) is 0. The Morgan fingerprint density at radius 3 is 3.05 bits per heavy atom. The van der Waals surface area contributed by atoms with E-state index in [0.717, 1.165) is 42.3 Å². The van der Waals surface area contributed by atoms with Gasteiger partial charge in [-0.05, 0) is 55.9 Å². The number of ether oxygens (including phenoxy) is 1. The van der Waals surface area contributed by atoms with E-state index in [1.54, 1.807) is 6.20 Å². The highest BCUT2D eigenvalue weighted by molar-refractivity contribution is 5.74. The fourth-order valence-electron chi connectivity index (χ4n) is 2.78. The Hall–Kier alpha value is -1.74. The van der Waals surface area contributed by atoms with Crippen LogP contribution in [0.1, 0.15) is 31.4 Å². The van der Waals surface area contributed by atoms with Gasteiger partial charge in [-0.1, -0.05) is 12.2 Å². The summed E-state index contributed by atoms with van der Waals surface area (Å²) in [5.41, 5.74) is 1.88. The van der Waals surface area contributed by atoms with Gasteiger partial charge in [0.15, 0.2) is 5.65 Å². The zero-order chi connectivity index (χ0) is 14.3. The summed E-state index contributed by atoms with van der Waals surface area (Å²) >= 11 is 0. The maximum Gasteiger partial charge on any atom is 0.159 e. The number of nitrogens with zero attached hydrogens (tertiary/aromatic N) is 2. The van der Waals surface area contributed by atoms with Crippen LogP contribution in [-0.2, 0) is 11.2 Å². The quantitative estimate of drug-likeness (QED) is 0.594. The Balaban J connectivity index is 1.41. The fraction of sp³-hybridized carbons (Fsp3) is 0.444. The van der Waals surface area contributed by atoms with Crippen molar-refractivity contribution in [3.63, 3.8) is 0 Å². The van der Waals surface area contributed by atoms with E-state index in [9.17, 15) is 0 Å². The van der Waals surface area contributed by atoms with Crippen LogP contribution in [0.25, 0.3) is 11.0 Å². The summed E-state index contributed by atoms with van der Waals surface area (Å²) in [6.07, 6.45) is 12.2. The monoisotopic (exact) mass is 282 g/mol. The van der Waals surface area contributed by atoms with E-state index < -0.39 is 0 Å². The molecule has 21 heavy (non-hydrogen) atoms. The molecule has 0 unspecified atom stereocenters. The maximum absolute atomic E-state index is 5.77. The molecule has 3 nitrogen and oxygen atoms in total. The van der Waals surface area contributed by atoms with Gasteiger partial charge in [0.2, 0.25) is 0 Å². The van der Waals surface area contributed by atoms with Crippen LogP contribution in [0.15, 0.2) is 42.6 Å². The minimum atomic E-state index is 0.744. The van der Waals surface area contributed by atoms with Crippen molar-refractivity contribution in [2.45, 2.75) is 32.1 Å². The minimum Gasteiger partial charge on any atom is -0.381 e. The Labute approximate surface area is 126 Å². The third kappa shape index (κ3) is 4.11. The van der Waals surface area contributed by atoms with Gasteiger partial charge in [-0.25, -0.2) is 9.97 Å². The molecule has 0 bridgehead atoms. The van der Waals surface area contributed by atoms with Crippen LogP contribution in [0.4, 0.5) is 0 Å². The molecule has 0 N–H and O–H groups in total. The van der Waals surface area contributed by atoms with Gasteiger partial charge in [0.1, 0.15) is 0 Å². The molecular weight excluding hydrogens is 260 g/mol. The van der Waals surface area contributed by atoms with E-state index >= 15 is 0 Å². The van der Waals surface area contributed by atoms with Gasteiger partial charge in [-0.2, -0.15) is 0 Å². The molecule has 1 atom stereocenters. The molecule has 1 aliphatic carbocycles. The SMILES string of the molecule is C1=CC[C@H](CCOCCc2ccc3cccnc3n2)CC1. The molecular formula is C18H22N2O. The predicted octanol–water partition coefficient (Wildman–Crippen LogP) is 3.94. The van der Waals surface area contributed by atoms with Gasteiger partial charge in [0.25, 0.3) is 0 Å². The first-order valence-corrected chi connectivity index (χ1v) is 7.85. The highest BCUT2D eigenvalue weighted by atomic mass is 16.5. The molecule has 0 spiro atoms. The second-order valence-electron chi connectivity index (χ2n) is 5.65. The molecule has 0 radical (unpaired) electrons. The van der Waals surface area contributed by atoms with Gasteiger partial charge in [-0.15, -0.1) is 0 Å². The van der Waals surface area contributed by atoms with Crippen LogP contribution in [-0.4, -0.2) is 23.2 Å². The summed E-state index contributed by atoms with van der Waals surface area (Å²) in [5, 5.41) is 1.09. The lowest BCUT2D eigenvalue weighted by atomic mass is 9.92. The van der Waals surface area contributed by atoms with E-state index in [4.69, 9.17) is 4.74 Å². The second-order valence-corrected chi connectivity index (χ2v) is 5.65. The average molecular weight is 282 g/mol. The van der Waals surface area contributed by atoms with Crippen LogP contribution in [0.5, 0.6) is 0 Å². The molecule has 0 saturated heterocycles. The number of allylic oxidation sites excluding steroid dienone is 2. The number of fused-ring (bicyclic) bond motifs is 1. The third-order valence-electron chi connectivity index (χ3n) is 4.07. The molecule has 0 fully saturated rings. The Morgan fingerprint density at radius 2 is 2.14 bits per heavy atom. The van der Waals surface area contributed by atoms with Gasteiger partial charge in [0.05, 0.1) is 6.61 Å².